The molecule has 0 spiro atoms. The standard InChI is InChI=1S/C12H17N5O3/c13-5-3-12(18)16-6-4-9(8-16)15-11-2-1-10(7-14-11)17(19)20/h1-2,7,9H,3-6,8,13H2,(H,14,15). The van der Waals surface area contributed by atoms with Crippen LogP contribution in [0, 0.1) is 10.1 Å². The molecule has 1 saturated heterocycles. The summed E-state index contributed by atoms with van der Waals surface area (Å²) in [5, 5.41) is 13.7. The zero-order valence-electron chi connectivity index (χ0n) is 11.0. The molecule has 1 aromatic rings. The number of nitrogens with one attached hydrogen (secondary N) is 1. The number of rotatable bonds is 5. The lowest BCUT2D eigenvalue weighted by molar-refractivity contribution is -0.385. The number of hydrogen-bond acceptors (Lipinski definition) is 6. The van der Waals surface area contributed by atoms with Crippen LogP contribution in [0.5, 0.6) is 0 Å². The molecule has 108 valence electrons. The Kier molecular flexibility index (Phi) is 4.46. The largest absolute Gasteiger partial charge is 0.365 e. The SMILES string of the molecule is NCCC(=O)N1CCC(Nc2ccc([N+](=O)[O-])cn2)C1. The number of likely N-dealkylation sites (tertiary alicyclic amines) is 1. The number of aromatic nitrogens is 1. The zero-order chi connectivity index (χ0) is 14.5. The molecule has 0 saturated carbocycles. The Bertz CT molecular complexity index is 490. The van der Waals surface area contributed by atoms with Crippen molar-refractivity contribution in [2.75, 3.05) is 25.0 Å². The third kappa shape index (κ3) is 3.41. The molecule has 1 aliphatic heterocycles. The molecule has 0 bridgehead atoms. The molecular weight excluding hydrogens is 262 g/mol. The van der Waals surface area contributed by atoms with Gasteiger partial charge >= 0.3 is 0 Å². The molecule has 0 radical (unpaired) electrons. The van der Waals surface area contributed by atoms with Gasteiger partial charge in [0.15, 0.2) is 0 Å². The number of anilines is 1. The summed E-state index contributed by atoms with van der Waals surface area (Å²) >= 11 is 0. The van der Waals surface area contributed by atoms with Gasteiger partial charge in [0.25, 0.3) is 5.69 Å². The number of nitro groups is 1. The first kappa shape index (κ1) is 14.2. The van der Waals surface area contributed by atoms with E-state index in [1.807, 2.05) is 0 Å². The maximum absolute atomic E-state index is 11.7. The Morgan fingerprint density at radius 2 is 2.40 bits per heavy atom. The van der Waals surface area contributed by atoms with E-state index in [1.54, 1.807) is 11.0 Å². The number of carbonyl (C=O) groups is 1. The van der Waals surface area contributed by atoms with Crippen molar-refractivity contribution >= 4 is 17.4 Å². The summed E-state index contributed by atoms with van der Waals surface area (Å²) in [6.45, 7) is 1.66. The highest BCUT2D eigenvalue weighted by molar-refractivity contribution is 5.76. The smallest absolute Gasteiger partial charge is 0.287 e. The van der Waals surface area contributed by atoms with Crippen LogP contribution in [0.1, 0.15) is 12.8 Å². The van der Waals surface area contributed by atoms with Gasteiger partial charge in [0, 0.05) is 38.2 Å². The Balaban J connectivity index is 1.88. The van der Waals surface area contributed by atoms with Crippen LogP contribution in [-0.2, 0) is 4.79 Å². The molecule has 1 fully saturated rings. The van der Waals surface area contributed by atoms with E-state index in [1.165, 1.54) is 12.3 Å². The molecule has 2 heterocycles. The third-order valence-electron chi connectivity index (χ3n) is 3.21. The summed E-state index contributed by atoms with van der Waals surface area (Å²) in [6.07, 6.45) is 2.41. The Labute approximate surface area is 116 Å². The molecule has 2 rings (SSSR count). The Morgan fingerprint density at radius 1 is 1.60 bits per heavy atom. The number of hydrogen-bond donors (Lipinski definition) is 2. The predicted molar refractivity (Wildman–Crippen MR) is 73.2 cm³/mol. The van der Waals surface area contributed by atoms with Crippen molar-refractivity contribution in [3.8, 4) is 0 Å². The van der Waals surface area contributed by atoms with Gasteiger partial charge in [-0.3, -0.25) is 14.9 Å². The predicted octanol–water partition coefficient (Wildman–Crippen LogP) is 0.351. The van der Waals surface area contributed by atoms with Gasteiger partial charge < -0.3 is 16.0 Å². The molecule has 20 heavy (non-hydrogen) atoms. The molecular formula is C12H17N5O3. The summed E-state index contributed by atoms with van der Waals surface area (Å²) in [7, 11) is 0. The Morgan fingerprint density at radius 3 is 3.00 bits per heavy atom. The van der Waals surface area contributed by atoms with E-state index in [-0.39, 0.29) is 17.6 Å². The normalized spacial score (nSPS) is 18.1. The number of amides is 1. The molecule has 8 heteroatoms. The summed E-state index contributed by atoms with van der Waals surface area (Å²) < 4.78 is 0. The van der Waals surface area contributed by atoms with E-state index in [9.17, 15) is 14.9 Å². The van der Waals surface area contributed by atoms with Crippen LogP contribution in [0.25, 0.3) is 0 Å². The van der Waals surface area contributed by atoms with Crippen molar-refractivity contribution in [1.29, 1.82) is 0 Å². The fraction of sp³-hybridized carbons (Fsp3) is 0.500. The molecule has 1 unspecified atom stereocenters. The number of pyridine rings is 1. The van der Waals surface area contributed by atoms with Crippen molar-refractivity contribution in [3.05, 3.63) is 28.4 Å². The Hall–Kier alpha value is -2.22. The molecule has 8 nitrogen and oxygen atoms in total. The third-order valence-corrected chi connectivity index (χ3v) is 3.21. The minimum Gasteiger partial charge on any atom is -0.365 e. The summed E-state index contributed by atoms with van der Waals surface area (Å²) in [6, 6.07) is 3.09. The summed E-state index contributed by atoms with van der Waals surface area (Å²) in [4.78, 5) is 27.5. The fourth-order valence-electron chi connectivity index (χ4n) is 2.17. The van der Waals surface area contributed by atoms with E-state index in [0.29, 0.717) is 31.9 Å². The molecule has 1 aliphatic rings. The first-order chi connectivity index (χ1) is 9.60. The lowest BCUT2D eigenvalue weighted by Gasteiger charge is -2.17. The van der Waals surface area contributed by atoms with E-state index < -0.39 is 4.92 Å². The maximum Gasteiger partial charge on any atom is 0.287 e. The molecule has 1 atom stereocenters. The van der Waals surface area contributed by atoms with Gasteiger partial charge in [-0.25, -0.2) is 4.98 Å². The maximum atomic E-state index is 11.7. The van der Waals surface area contributed by atoms with Crippen LogP contribution in [0.15, 0.2) is 18.3 Å². The summed E-state index contributed by atoms with van der Waals surface area (Å²) in [5.74, 6) is 0.641. The second-order valence-corrected chi connectivity index (χ2v) is 4.67. The molecule has 1 aromatic heterocycles. The van der Waals surface area contributed by atoms with Crippen LogP contribution in [-0.4, -0.2) is 46.4 Å². The van der Waals surface area contributed by atoms with Crippen LogP contribution < -0.4 is 11.1 Å². The highest BCUT2D eigenvalue weighted by Crippen LogP contribution is 2.17. The number of nitrogens with two attached hydrogens (primary N) is 1. The van der Waals surface area contributed by atoms with Crippen molar-refractivity contribution in [2.24, 2.45) is 5.73 Å². The minimum absolute atomic E-state index is 0.0401. The number of carbonyl (C=O) groups excluding carboxylic acids is 1. The van der Waals surface area contributed by atoms with E-state index in [0.717, 1.165) is 6.42 Å². The molecule has 0 aliphatic carbocycles. The van der Waals surface area contributed by atoms with Gasteiger partial charge in [0.05, 0.1) is 4.92 Å². The highest BCUT2D eigenvalue weighted by Gasteiger charge is 2.25. The highest BCUT2D eigenvalue weighted by atomic mass is 16.6. The zero-order valence-corrected chi connectivity index (χ0v) is 11.0. The van der Waals surface area contributed by atoms with Crippen LogP contribution >= 0.6 is 0 Å². The van der Waals surface area contributed by atoms with Gasteiger partial charge in [-0.2, -0.15) is 0 Å². The first-order valence-corrected chi connectivity index (χ1v) is 6.45. The average Bonchev–Trinajstić information content (AvgIpc) is 2.88. The fourth-order valence-corrected chi connectivity index (χ4v) is 2.17. The van der Waals surface area contributed by atoms with Gasteiger partial charge in [0.1, 0.15) is 12.0 Å². The second kappa shape index (κ2) is 6.29. The van der Waals surface area contributed by atoms with Crippen LogP contribution in [0.2, 0.25) is 0 Å². The van der Waals surface area contributed by atoms with Gasteiger partial charge in [0.2, 0.25) is 5.91 Å². The van der Waals surface area contributed by atoms with E-state index in [4.69, 9.17) is 5.73 Å². The monoisotopic (exact) mass is 279 g/mol. The van der Waals surface area contributed by atoms with Crippen molar-refractivity contribution in [2.45, 2.75) is 18.9 Å². The summed E-state index contributed by atoms with van der Waals surface area (Å²) in [5.41, 5.74) is 5.33. The number of nitrogens with zero attached hydrogens (tertiary/aromatic N) is 3. The first-order valence-electron chi connectivity index (χ1n) is 6.45. The topological polar surface area (TPSA) is 114 Å². The van der Waals surface area contributed by atoms with Gasteiger partial charge in [-0.15, -0.1) is 0 Å². The van der Waals surface area contributed by atoms with Gasteiger partial charge in [-0.1, -0.05) is 0 Å². The van der Waals surface area contributed by atoms with Crippen LogP contribution in [0.4, 0.5) is 11.5 Å². The lowest BCUT2D eigenvalue weighted by atomic mass is 10.2. The van der Waals surface area contributed by atoms with Crippen molar-refractivity contribution < 1.29 is 9.72 Å². The van der Waals surface area contributed by atoms with Crippen molar-refractivity contribution in [3.63, 3.8) is 0 Å². The van der Waals surface area contributed by atoms with E-state index in [2.05, 4.69) is 10.3 Å². The average molecular weight is 279 g/mol. The van der Waals surface area contributed by atoms with Gasteiger partial charge in [-0.05, 0) is 12.5 Å². The van der Waals surface area contributed by atoms with Crippen LogP contribution in [0.3, 0.4) is 0 Å². The minimum atomic E-state index is -0.487. The molecule has 3 N–H and O–H groups in total. The lowest BCUT2D eigenvalue weighted by Crippen LogP contribution is -2.32. The van der Waals surface area contributed by atoms with Crippen molar-refractivity contribution in [1.82, 2.24) is 9.88 Å². The van der Waals surface area contributed by atoms with E-state index >= 15 is 0 Å². The quantitative estimate of drug-likeness (QED) is 0.593. The molecule has 0 aromatic carbocycles. The molecule has 1 amide bonds. The second-order valence-electron chi connectivity index (χ2n) is 4.67.